The fraction of sp³-hybridized carbons (Fsp3) is 0.333. The minimum absolute atomic E-state index is 0. The van der Waals surface area contributed by atoms with Gasteiger partial charge in [-0.05, 0) is 17.4 Å². The van der Waals surface area contributed by atoms with Crippen LogP contribution in [-0.4, -0.2) is 20.6 Å². The van der Waals surface area contributed by atoms with Gasteiger partial charge in [0.15, 0.2) is 0 Å². The van der Waals surface area contributed by atoms with E-state index >= 15 is 0 Å². The number of hydrogen-bond donors (Lipinski definition) is 0. The predicted molar refractivity (Wildman–Crippen MR) is 29.9 cm³/mol. The number of aromatic nitrogens is 4. The molecule has 0 spiro atoms. The lowest BCUT2D eigenvalue weighted by atomic mass is 10.6. The van der Waals surface area contributed by atoms with Crippen LogP contribution in [0.5, 0.6) is 0 Å². The first-order chi connectivity index (χ1) is 3.39. The highest BCUT2D eigenvalue weighted by Crippen LogP contribution is 1.75. The molecule has 1 aromatic rings. The molecule has 0 bridgehead atoms. The molecular weight excluding hydrogens is 124 g/mol. The zero-order valence-electron chi connectivity index (χ0n) is 4.27. The molecule has 0 saturated carbocycles. The fourth-order valence-electron chi connectivity index (χ4n) is 0.249. The van der Waals surface area contributed by atoms with E-state index in [0.717, 1.165) is 5.69 Å². The average molecular weight is 128 g/mol. The SMILES string of the molecule is Cc1cnnnn1.[S]. The monoisotopic (exact) mass is 128 g/mol. The van der Waals surface area contributed by atoms with Crippen LogP contribution >= 0.6 is 13.5 Å². The van der Waals surface area contributed by atoms with E-state index in [0.29, 0.717) is 0 Å². The lowest BCUT2D eigenvalue weighted by molar-refractivity contribution is 0.742. The summed E-state index contributed by atoms with van der Waals surface area (Å²) in [7, 11) is 0. The second kappa shape index (κ2) is 3.31. The first-order valence-corrected chi connectivity index (χ1v) is 1.87. The largest absolute Gasteiger partial charge is 0.135 e. The van der Waals surface area contributed by atoms with Crippen molar-refractivity contribution in [1.29, 1.82) is 0 Å². The van der Waals surface area contributed by atoms with E-state index in [1.54, 1.807) is 6.20 Å². The molecular formula is C3H4N4S. The first-order valence-electron chi connectivity index (χ1n) is 1.87. The summed E-state index contributed by atoms with van der Waals surface area (Å²) < 4.78 is 0. The normalized spacial score (nSPS) is 7.62. The Bertz CT molecular complexity index is 141. The summed E-state index contributed by atoms with van der Waals surface area (Å²) in [6, 6.07) is 0. The van der Waals surface area contributed by atoms with Crippen LogP contribution in [0.1, 0.15) is 5.69 Å². The van der Waals surface area contributed by atoms with Crippen LogP contribution in [-0.2, 0) is 0 Å². The van der Waals surface area contributed by atoms with Gasteiger partial charge in [-0.2, -0.15) is 0 Å². The van der Waals surface area contributed by atoms with Gasteiger partial charge in [-0.3, -0.25) is 0 Å². The molecule has 0 fully saturated rings. The minimum Gasteiger partial charge on any atom is -0.135 e. The van der Waals surface area contributed by atoms with Gasteiger partial charge in [-0.25, -0.2) is 0 Å². The molecule has 1 heterocycles. The Morgan fingerprint density at radius 1 is 1.38 bits per heavy atom. The van der Waals surface area contributed by atoms with E-state index in [1.807, 2.05) is 6.92 Å². The summed E-state index contributed by atoms with van der Waals surface area (Å²) in [4.78, 5) is 0. The molecule has 0 atom stereocenters. The zero-order chi connectivity index (χ0) is 5.11. The number of aryl methyl sites for hydroxylation is 1. The highest BCUT2D eigenvalue weighted by Gasteiger charge is 1.77. The van der Waals surface area contributed by atoms with Gasteiger partial charge >= 0.3 is 0 Å². The van der Waals surface area contributed by atoms with E-state index in [4.69, 9.17) is 0 Å². The molecule has 0 aliphatic heterocycles. The summed E-state index contributed by atoms with van der Waals surface area (Å²) in [6.07, 6.45) is 1.55. The van der Waals surface area contributed by atoms with Gasteiger partial charge in [0.2, 0.25) is 0 Å². The number of hydrogen-bond acceptors (Lipinski definition) is 4. The van der Waals surface area contributed by atoms with E-state index in [-0.39, 0.29) is 13.5 Å². The van der Waals surface area contributed by atoms with Crippen molar-refractivity contribution in [3.8, 4) is 0 Å². The van der Waals surface area contributed by atoms with Crippen LogP contribution in [0.2, 0.25) is 0 Å². The third-order valence-electron chi connectivity index (χ3n) is 0.539. The summed E-state index contributed by atoms with van der Waals surface area (Å²) >= 11 is 0. The molecule has 1 aromatic heterocycles. The topological polar surface area (TPSA) is 51.6 Å². The van der Waals surface area contributed by atoms with Gasteiger partial charge < -0.3 is 0 Å². The maximum absolute atomic E-state index is 3.56. The molecule has 42 valence electrons. The molecule has 0 aliphatic carbocycles. The fourth-order valence-corrected chi connectivity index (χ4v) is 0.249. The van der Waals surface area contributed by atoms with Gasteiger partial charge in [-0.15, -0.1) is 10.2 Å². The van der Waals surface area contributed by atoms with Crippen LogP contribution in [0.25, 0.3) is 0 Å². The van der Waals surface area contributed by atoms with Gasteiger partial charge in [0.25, 0.3) is 0 Å². The second-order valence-corrected chi connectivity index (χ2v) is 1.16. The average Bonchev–Trinajstić information content (AvgIpc) is 1.69. The van der Waals surface area contributed by atoms with Gasteiger partial charge in [-0.1, -0.05) is 0 Å². The van der Waals surface area contributed by atoms with Gasteiger partial charge in [0.1, 0.15) is 0 Å². The third kappa shape index (κ3) is 1.83. The second-order valence-electron chi connectivity index (χ2n) is 1.16. The van der Waals surface area contributed by atoms with E-state index in [1.165, 1.54) is 0 Å². The smallest absolute Gasteiger partial charge is 0.0820 e. The molecule has 0 amide bonds. The molecule has 0 saturated heterocycles. The number of rotatable bonds is 0. The quantitative estimate of drug-likeness (QED) is 0.501. The molecule has 2 radical (unpaired) electrons. The van der Waals surface area contributed by atoms with Crippen molar-refractivity contribution in [3.05, 3.63) is 11.9 Å². The Hall–Kier alpha value is -0.710. The first kappa shape index (κ1) is 7.29. The third-order valence-corrected chi connectivity index (χ3v) is 0.539. The lowest BCUT2D eigenvalue weighted by Gasteiger charge is -1.78. The Morgan fingerprint density at radius 2 is 2.12 bits per heavy atom. The Kier molecular flexibility index (Phi) is 3.02. The van der Waals surface area contributed by atoms with Crippen molar-refractivity contribution in [3.63, 3.8) is 0 Å². The van der Waals surface area contributed by atoms with E-state index in [2.05, 4.69) is 20.6 Å². The van der Waals surface area contributed by atoms with Crippen LogP contribution in [0, 0.1) is 6.92 Å². The molecule has 4 nitrogen and oxygen atoms in total. The minimum atomic E-state index is 0. The summed E-state index contributed by atoms with van der Waals surface area (Å²) in [5.74, 6) is 0. The van der Waals surface area contributed by atoms with Crippen molar-refractivity contribution < 1.29 is 0 Å². The Labute approximate surface area is 53.8 Å². The highest BCUT2D eigenvalue weighted by atomic mass is 32.1. The maximum Gasteiger partial charge on any atom is 0.0820 e. The molecule has 0 aliphatic rings. The molecule has 8 heavy (non-hydrogen) atoms. The molecule has 5 heteroatoms. The maximum atomic E-state index is 3.56. The van der Waals surface area contributed by atoms with Crippen LogP contribution < -0.4 is 0 Å². The van der Waals surface area contributed by atoms with Gasteiger partial charge in [0.05, 0.1) is 11.9 Å². The zero-order valence-corrected chi connectivity index (χ0v) is 5.09. The Balaban J connectivity index is 0.000000490. The predicted octanol–water partition coefficient (Wildman–Crippen LogP) is 0.223. The molecule has 0 N–H and O–H groups in total. The summed E-state index contributed by atoms with van der Waals surface area (Å²) in [5.41, 5.74) is 0.787. The van der Waals surface area contributed by atoms with Crippen LogP contribution in [0.4, 0.5) is 0 Å². The van der Waals surface area contributed by atoms with Crippen molar-refractivity contribution >= 4 is 13.5 Å². The standard InChI is InChI=1S/C3H4N4.S/c1-3-2-4-6-7-5-3;/h2H,1H3;. The van der Waals surface area contributed by atoms with E-state index in [9.17, 15) is 0 Å². The molecule has 0 aromatic carbocycles. The van der Waals surface area contributed by atoms with Crippen molar-refractivity contribution in [2.45, 2.75) is 6.92 Å². The van der Waals surface area contributed by atoms with Gasteiger partial charge in [0, 0.05) is 13.5 Å². The van der Waals surface area contributed by atoms with E-state index < -0.39 is 0 Å². The van der Waals surface area contributed by atoms with Crippen LogP contribution in [0.3, 0.4) is 0 Å². The van der Waals surface area contributed by atoms with Crippen molar-refractivity contribution in [2.24, 2.45) is 0 Å². The highest BCUT2D eigenvalue weighted by molar-refractivity contribution is 7.59. The van der Waals surface area contributed by atoms with Crippen LogP contribution in [0.15, 0.2) is 6.20 Å². The summed E-state index contributed by atoms with van der Waals surface area (Å²) in [5, 5.41) is 13.5. The number of nitrogens with zero attached hydrogens (tertiary/aromatic N) is 4. The lowest BCUT2D eigenvalue weighted by Crippen LogP contribution is -1.90. The molecule has 0 unspecified atom stereocenters. The molecule has 1 rings (SSSR count). The summed E-state index contributed by atoms with van der Waals surface area (Å²) in [6.45, 7) is 1.81. The van der Waals surface area contributed by atoms with Crippen molar-refractivity contribution in [2.75, 3.05) is 0 Å². The van der Waals surface area contributed by atoms with Crippen molar-refractivity contribution in [1.82, 2.24) is 20.6 Å². The Morgan fingerprint density at radius 3 is 2.38 bits per heavy atom.